The van der Waals surface area contributed by atoms with E-state index in [1.807, 2.05) is 0 Å². The standard InChI is InChI=1S/C13H25NO/c1-12(2,3)11-5-8-14(4)13(11)6-9-15-10-7-13/h11H,5-10H2,1-4H3/t11-/m0/s1. The normalized spacial score (nSPS) is 32.4. The van der Waals surface area contributed by atoms with Crippen molar-refractivity contribution < 1.29 is 4.74 Å². The molecule has 2 rings (SSSR count). The van der Waals surface area contributed by atoms with E-state index in [9.17, 15) is 0 Å². The molecular weight excluding hydrogens is 186 g/mol. The highest BCUT2D eigenvalue weighted by atomic mass is 16.5. The Balaban J connectivity index is 2.24. The monoisotopic (exact) mass is 211 g/mol. The molecule has 0 aliphatic carbocycles. The van der Waals surface area contributed by atoms with Crippen LogP contribution < -0.4 is 0 Å². The fourth-order valence-electron chi connectivity index (χ4n) is 3.77. The van der Waals surface area contributed by atoms with Crippen LogP contribution in [-0.4, -0.2) is 37.2 Å². The van der Waals surface area contributed by atoms with Gasteiger partial charge >= 0.3 is 0 Å². The first-order chi connectivity index (χ1) is 6.97. The van der Waals surface area contributed by atoms with Gasteiger partial charge in [-0.2, -0.15) is 0 Å². The summed E-state index contributed by atoms with van der Waals surface area (Å²) in [5.41, 5.74) is 0.874. The molecule has 0 aromatic carbocycles. The van der Waals surface area contributed by atoms with E-state index >= 15 is 0 Å². The maximum absolute atomic E-state index is 5.54. The second-order valence-corrected chi connectivity index (χ2v) is 6.34. The van der Waals surface area contributed by atoms with E-state index < -0.39 is 0 Å². The molecular formula is C13H25NO. The van der Waals surface area contributed by atoms with Gasteiger partial charge in [0.05, 0.1) is 0 Å². The van der Waals surface area contributed by atoms with Gasteiger partial charge in [-0.3, -0.25) is 0 Å². The first-order valence-electron chi connectivity index (χ1n) is 6.26. The topological polar surface area (TPSA) is 12.5 Å². The average molecular weight is 211 g/mol. The van der Waals surface area contributed by atoms with Crippen molar-refractivity contribution in [2.75, 3.05) is 26.8 Å². The van der Waals surface area contributed by atoms with E-state index in [0.29, 0.717) is 11.0 Å². The van der Waals surface area contributed by atoms with Crippen LogP contribution in [0.4, 0.5) is 0 Å². The van der Waals surface area contributed by atoms with Crippen molar-refractivity contribution in [1.82, 2.24) is 4.90 Å². The zero-order chi connectivity index (χ0) is 11.1. The molecule has 0 N–H and O–H groups in total. The Bertz CT molecular complexity index is 225. The molecule has 2 fully saturated rings. The van der Waals surface area contributed by atoms with Crippen molar-refractivity contribution in [2.45, 2.75) is 45.6 Å². The highest BCUT2D eigenvalue weighted by molar-refractivity contribution is 5.05. The third-order valence-electron chi connectivity index (χ3n) is 4.57. The second-order valence-electron chi connectivity index (χ2n) is 6.34. The van der Waals surface area contributed by atoms with Gasteiger partial charge in [0, 0.05) is 18.8 Å². The summed E-state index contributed by atoms with van der Waals surface area (Å²) in [4.78, 5) is 2.60. The van der Waals surface area contributed by atoms with Gasteiger partial charge in [0.25, 0.3) is 0 Å². The number of likely N-dealkylation sites (tertiary alicyclic amines) is 1. The van der Waals surface area contributed by atoms with Gasteiger partial charge < -0.3 is 9.64 Å². The van der Waals surface area contributed by atoms with Gasteiger partial charge in [-0.05, 0) is 44.2 Å². The van der Waals surface area contributed by atoms with Crippen LogP contribution in [-0.2, 0) is 4.74 Å². The Hall–Kier alpha value is -0.0800. The Morgan fingerprint density at radius 2 is 1.80 bits per heavy atom. The van der Waals surface area contributed by atoms with Gasteiger partial charge in [-0.1, -0.05) is 20.8 Å². The summed E-state index contributed by atoms with van der Waals surface area (Å²) in [6.45, 7) is 10.4. The quantitative estimate of drug-likeness (QED) is 0.610. The lowest BCUT2D eigenvalue weighted by atomic mass is 9.66. The highest BCUT2D eigenvalue weighted by Gasteiger charge is 2.51. The van der Waals surface area contributed by atoms with E-state index in [0.717, 1.165) is 19.1 Å². The lowest BCUT2D eigenvalue weighted by Crippen LogP contribution is -2.53. The molecule has 0 unspecified atom stereocenters. The van der Waals surface area contributed by atoms with Crippen molar-refractivity contribution in [3.05, 3.63) is 0 Å². The molecule has 0 amide bonds. The fourth-order valence-corrected chi connectivity index (χ4v) is 3.77. The SMILES string of the molecule is CN1CC[C@@H](C(C)(C)C)C12CCOCC2. The van der Waals surface area contributed by atoms with Gasteiger partial charge in [-0.25, -0.2) is 0 Å². The molecule has 88 valence electrons. The number of hydrogen-bond acceptors (Lipinski definition) is 2. The largest absolute Gasteiger partial charge is 0.381 e. The maximum Gasteiger partial charge on any atom is 0.0483 e. The van der Waals surface area contributed by atoms with E-state index in [1.165, 1.54) is 25.8 Å². The first kappa shape index (κ1) is 11.4. The number of nitrogens with zero attached hydrogens (tertiary/aromatic N) is 1. The first-order valence-corrected chi connectivity index (χ1v) is 6.26. The third kappa shape index (κ3) is 1.83. The van der Waals surface area contributed by atoms with Gasteiger partial charge in [0.15, 0.2) is 0 Å². The van der Waals surface area contributed by atoms with Gasteiger partial charge in [0.2, 0.25) is 0 Å². The van der Waals surface area contributed by atoms with Crippen molar-refractivity contribution in [1.29, 1.82) is 0 Å². The van der Waals surface area contributed by atoms with E-state index in [-0.39, 0.29) is 0 Å². The van der Waals surface area contributed by atoms with Crippen LogP contribution in [0.25, 0.3) is 0 Å². The summed E-state index contributed by atoms with van der Waals surface area (Å²) < 4.78 is 5.54. The number of rotatable bonds is 0. The molecule has 2 heterocycles. The number of ether oxygens (including phenoxy) is 1. The molecule has 1 atom stereocenters. The molecule has 2 heteroatoms. The fraction of sp³-hybridized carbons (Fsp3) is 1.00. The summed E-state index contributed by atoms with van der Waals surface area (Å²) >= 11 is 0. The molecule has 0 bridgehead atoms. The second kappa shape index (κ2) is 3.74. The summed E-state index contributed by atoms with van der Waals surface area (Å²) in [6, 6.07) is 0. The summed E-state index contributed by atoms with van der Waals surface area (Å²) in [5, 5.41) is 0. The minimum atomic E-state index is 0.433. The Kier molecular flexibility index (Phi) is 2.85. The van der Waals surface area contributed by atoms with Crippen molar-refractivity contribution in [3.63, 3.8) is 0 Å². The van der Waals surface area contributed by atoms with Crippen LogP contribution >= 0.6 is 0 Å². The molecule has 0 radical (unpaired) electrons. The van der Waals surface area contributed by atoms with Crippen LogP contribution in [0.1, 0.15) is 40.0 Å². The Morgan fingerprint density at radius 3 is 2.33 bits per heavy atom. The van der Waals surface area contributed by atoms with Crippen LogP contribution in [0.5, 0.6) is 0 Å². The van der Waals surface area contributed by atoms with Crippen molar-refractivity contribution in [2.24, 2.45) is 11.3 Å². The minimum Gasteiger partial charge on any atom is -0.381 e. The van der Waals surface area contributed by atoms with Crippen LogP contribution in [0.2, 0.25) is 0 Å². The maximum atomic E-state index is 5.54. The number of hydrogen-bond donors (Lipinski definition) is 0. The Labute approximate surface area is 94.0 Å². The van der Waals surface area contributed by atoms with Crippen LogP contribution in [0, 0.1) is 11.3 Å². The molecule has 2 aliphatic rings. The molecule has 2 saturated heterocycles. The van der Waals surface area contributed by atoms with Crippen LogP contribution in [0.3, 0.4) is 0 Å². The molecule has 0 saturated carbocycles. The van der Waals surface area contributed by atoms with Crippen molar-refractivity contribution >= 4 is 0 Å². The van der Waals surface area contributed by atoms with Crippen LogP contribution in [0.15, 0.2) is 0 Å². The predicted octanol–water partition coefficient (Wildman–Crippen LogP) is 2.53. The zero-order valence-electron chi connectivity index (χ0n) is 10.7. The highest BCUT2D eigenvalue weighted by Crippen LogP contribution is 2.49. The molecule has 2 nitrogen and oxygen atoms in total. The minimum absolute atomic E-state index is 0.433. The average Bonchev–Trinajstić information content (AvgIpc) is 2.45. The van der Waals surface area contributed by atoms with Gasteiger partial charge in [-0.15, -0.1) is 0 Å². The van der Waals surface area contributed by atoms with E-state index in [1.54, 1.807) is 0 Å². The summed E-state index contributed by atoms with van der Waals surface area (Å²) in [5.74, 6) is 0.832. The molecule has 1 spiro atoms. The summed E-state index contributed by atoms with van der Waals surface area (Å²) in [6.07, 6.45) is 3.82. The smallest absolute Gasteiger partial charge is 0.0483 e. The molecule has 0 aromatic rings. The summed E-state index contributed by atoms with van der Waals surface area (Å²) in [7, 11) is 2.30. The lowest BCUT2D eigenvalue weighted by molar-refractivity contribution is -0.0411. The lowest BCUT2D eigenvalue weighted by Gasteiger charge is -2.48. The Morgan fingerprint density at radius 1 is 1.20 bits per heavy atom. The molecule has 2 aliphatic heterocycles. The molecule has 15 heavy (non-hydrogen) atoms. The predicted molar refractivity (Wildman–Crippen MR) is 63.0 cm³/mol. The van der Waals surface area contributed by atoms with E-state index in [4.69, 9.17) is 4.74 Å². The van der Waals surface area contributed by atoms with Crippen molar-refractivity contribution in [3.8, 4) is 0 Å². The third-order valence-corrected chi connectivity index (χ3v) is 4.57. The van der Waals surface area contributed by atoms with Gasteiger partial charge in [0.1, 0.15) is 0 Å². The van der Waals surface area contributed by atoms with E-state index in [2.05, 4.69) is 32.7 Å². The zero-order valence-corrected chi connectivity index (χ0v) is 10.7. The molecule has 0 aromatic heterocycles.